The molecular weight excluding hydrogens is 196 g/mol. The van der Waals surface area contributed by atoms with Gasteiger partial charge in [0.15, 0.2) is 0 Å². The average molecular weight is 210 g/mol. The first-order chi connectivity index (χ1) is 7.81. The highest BCUT2D eigenvalue weighted by atomic mass is 14.8. The van der Waals surface area contributed by atoms with Gasteiger partial charge in [0.05, 0.1) is 17.3 Å². The normalized spacial score (nSPS) is 11.9. The number of nitrogens with zero attached hydrogens (tertiary/aromatic N) is 1. The summed E-state index contributed by atoms with van der Waals surface area (Å²) in [6.07, 6.45) is 0.655. The molecule has 1 heterocycles. The fraction of sp³-hybridized carbons (Fsp3) is 0.214. The van der Waals surface area contributed by atoms with Crippen molar-refractivity contribution in [2.75, 3.05) is 0 Å². The van der Waals surface area contributed by atoms with Gasteiger partial charge >= 0.3 is 0 Å². The van der Waals surface area contributed by atoms with Gasteiger partial charge in [0.1, 0.15) is 0 Å². The van der Waals surface area contributed by atoms with Crippen LogP contribution in [0, 0.1) is 11.8 Å². The van der Waals surface area contributed by atoms with Crippen LogP contribution in [-0.4, -0.2) is 4.98 Å². The van der Waals surface area contributed by atoms with Crippen LogP contribution in [-0.2, 0) is 0 Å². The first-order valence-corrected chi connectivity index (χ1v) is 5.32. The lowest BCUT2D eigenvalue weighted by atomic mass is 10.1. The third kappa shape index (κ3) is 2.21. The van der Waals surface area contributed by atoms with E-state index in [2.05, 4.69) is 22.9 Å². The molecule has 0 aliphatic heterocycles. The van der Waals surface area contributed by atoms with Gasteiger partial charge in [-0.1, -0.05) is 24.3 Å². The van der Waals surface area contributed by atoms with Crippen molar-refractivity contribution in [2.45, 2.75) is 19.4 Å². The van der Waals surface area contributed by atoms with Crippen LogP contribution >= 0.6 is 0 Å². The molecule has 2 N–H and O–H groups in total. The number of hydrogen-bond acceptors (Lipinski definition) is 2. The predicted molar refractivity (Wildman–Crippen MR) is 66.7 cm³/mol. The van der Waals surface area contributed by atoms with Crippen LogP contribution < -0.4 is 5.73 Å². The van der Waals surface area contributed by atoms with E-state index in [-0.39, 0.29) is 6.04 Å². The van der Waals surface area contributed by atoms with Gasteiger partial charge in [-0.25, -0.2) is 0 Å². The van der Waals surface area contributed by atoms with Crippen molar-refractivity contribution in [1.29, 1.82) is 0 Å². The Labute approximate surface area is 95.5 Å². The first-order valence-electron chi connectivity index (χ1n) is 5.32. The Kier molecular flexibility index (Phi) is 3.19. The van der Waals surface area contributed by atoms with Gasteiger partial charge in [-0.05, 0) is 19.1 Å². The fourth-order valence-electron chi connectivity index (χ4n) is 1.60. The number of rotatable bonds is 2. The highest BCUT2D eigenvalue weighted by Crippen LogP contribution is 2.16. The van der Waals surface area contributed by atoms with Crippen molar-refractivity contribution in [3.8, 4) is 11.8 Å². The molecule has 0 aliphatic rings. The molecule has 2 rings (SSSR count). The lowest BCUT2D eigenvalue weighted by Gasteiger charge is -2.08. The molecular formula is C14H14N2. The molecule has 1 atom stereocenters. The molecule has 0 aliphatic carbocycles. The second kappa shape index (κ2) is 4.78. The van der Waals surface area contributed by atoms with Crippen molar-refractivity contribution < 1.29 is 0 Å². The zero-order valence-electron chi connectivity index (χ0n) is 9.27. The summed E-state index contributed by atoms with van der Waals surface area (Å²) < 4.78 is 0. The van der Waals surface area contributed by atoms with Crippen LogP contribution in [0.3, 0.4) is 0 Å². The van der Waals surface area contributed by atoms with E-state index < -0.39 is 0 Å². The molecule has 0 bridgehead atoms. The minimum Gasteiger partial charge on any atom is -0.322 e. The van der Waals surface area contributed by atoms with Gasteiger partial charge in [-0.3, -0.25) is 4.98 Å². The van der Waals surface area contributed by atoms with Gasteiger partial charge in [-0.15, -0.1) is 11.8 Å². The van der Waals surface area contributed by atoms with Crippen molar-refractivity contribution in [3.63, 3.8) is 0 Å². The van der Waals surface area contributed by atoms with E-state index in [0.717, 1.165) is 16.6 Å². The molecule has 2 aromatic rings. The van der Waals surface area contributed by atoms with E-state index in [4.69, 9.17) is 5.73 Å². The Hall–Kier alpha value is -1.85. The van der Waals surface area contributed by atoms with Crippen LogP contribution in [0.4, 0.5) is 0 Å². The number of pyridine rings is 1. The number of nitrogens with two attached hydrogens (primary N) is 1. The molecule has 0 fully saturated rings. The van der Waals surface area contributed by atoms with E-state index in [9.17, 15) is 0 Å². The number of fused-ring (bicyclic) bond motifs is 1. The third-order valence-corrected chi connectivity index (χ3v) is 2.50. The lowest BCUT2D eigenvalue weighted by Crippen LogP contribution is -2.11. The Balaban J connectivity index is 2.34. The highest BCUT2D eigenvalue weighted by molar-refractivity contribution is 5.78. The van der Waals surface area contributed by atoms with Gasteiger partial charge in [0.2, 0.25) is 0 Å². The standard InChI is InChI=1S/C14H14N2/c1-2-3-7-12(15)14-10-9-11-6-4-5-8-13(11)16-14/h4-6,8-10,12H,7,15H2,1H3. The summed E-state index contributed by atoms with van der Waals surface area (Å²) in [6, 6.07) is 12.0. The van der Waals surface area contributed by atoms with Crippen molar-refractivity contribution in [2.24, 2.45) is 5.73 Å². The molecule has 0 saturated carbocycles. The molecule has 1 aromatic heterocycles. The molecule has 1 unspecified atom stereocenters. The number of aromatic nitrogens is 1. The average Bonchev–Trinajstić information content (AvgIpc) is 2.35. The van der Waals surface area contributed by atoms with E-state index in [0.29, 0.717) is 6.42 Å². The van der Waals surface area contributed by atoms with Gasteiger partial charge in [-0.2, -0.15) is 0 Å². The van der Waals surface area contributed by atoms with Crippen molar-refractivity contribution in [3.05, 3.63) is 42.1 Å². The highest BCUT2D eigenvalue weighted by Gasteiger charge is 2.06. The second-order valence-corrected chi connectivity index (χ2v) is 3.67. The second-order valence-electron chi connectivity index (χ2n) is 3.67. The number of para-hydroxylation sites is 1. The zero-order chi connectivity index (χ0) is 11.4. The van der Waals surface area contributed by atoms with E-state index in [1.54, 1.807) is 0 Å². The zero-order valence-corrected chi connectivity index (χ0v) is 9.27. The topological polar surface area (TPSA) is 38.9 Å². The summed E-state index contributed by atoms with van der Waals surface area (Å²) in [7, 11) is 0. The molecule has 2 heteroatoms. The van der Waals surface area contributed by atoms with E-state index >= 15 is 0 Å². The van der Waals surface area contributed by atoms with Crippen molar-refractivity contribution >= 4 is 10.9 Å². The maximum atomic E-state index is 6.01. The molecule has 80 valence electrons. The van der Waals surface area contributed by atoms with Gasteiger partial charge in [0.25, 0.3) is 0 Å². The van der Waals surface area contributed by atoms with Gasteiger partial charge < -0.3 is 5.73 Å². The Bertz CT molecular complexity index is 549. The quantitative estimate of drug-likeness (QED) is 0.774. The maximum absolute atomic E-state index is 6.01. The molecule has 0 spiro atoms. The minimum atomic E-state index is -0.0999. The number of hydrogen-bond donors (Lipinski definition) is 1. The molecule has 0 saturated heterocycles. The summed E-state index contributed by atoms with van der Waals surface area (Å²) >= 11 is 0. The molecule has 0 amide bonds. The third-order valence-electron chi connectivity index (χ3n) is 2.50. The molecule has 2 nitrogen and oxygen atoms in total. The largest absolute Gasteiger partial charge is 0.322 e. The number of benzene rings is 1. The summed E-state index contributed by atoms with van der Waals surface area (Å²) in [6.45, 7) is 1.82. The first kappa shape index (κ1) is 10.7. The van der Waals surface area contributed by atoms with Crippen LogP contribution in [0.2, 0.25) is 0 Å². The lowest BCUT2D eigenvalue weighted by molar-refractivity contribution is 0.729. The monoisotopic (exact) mass is 210 g/mol. The molecule has 16 heavy (non-hydrogen) atoms. The molecule has 0 radical (unpaired) electrons. The Morgan fingerprint density at radius 3 is 2.88 bits per heavy atom. The fourth-order valence-corrected chi connectivity index (χ4v) is 1.60. The molecule has 1 aromatic carbocycles. The van der Waals surface area contributed by atoms with Crippen LogP contribution in [0.5, 0.6) is 0 Å². The Morgan fingerprint density at radius 2 is 2.06 bits per heavy atom. The van der Waals surface area contributed by atoms with Gasteiger partial charge in [0, 0.05) is 11.8 Å². The summed E-state index contributed by atoms with van der Waals surface area (Å²) in [4.78, 5) is 4.54. The minimum absolute atomic E-state index is 0.0999. The summed E-state index contributed by atoms with van der Waals surface area (Å²) in [5, 5.41) is 1.14. The maximum Gasteiger partial charge on any atom is 0.0706 e. The Morgan fingerprint density at radius 1 is 1.25 bits per heavy atom. The van der Waals surface area contributed by atoms with Crippen molar-refractivity contribution in [1.82, 2.24) is 4.98 Å². The van der Waals surface area contributed by atoms with E-state index in [1.165, 1.54) is 0 Å². The predicted octanol–water partition coefficient (Wildman–Crippen LogP) is 2.65. The SMILES string of the molecule is CC#CCC(N)c1ccc2ccccc2n1. The van der Waals surface area contributed by atoms with Crippen LogP contribution in [0.25, 0.3) is 10.9 Å². The van der Waals surface area contributed by atoms with Crippen LogP contribution in [0.1, 0.15) is 25.1 Å². The van der Waals surface area contributed by atoms with E-state index in [1.807, 2.05) is 37.3 Å². The summed E-state index contributed by atoms with van der Waals surface area (Å²) in [5.74, 6) is 5.83. The smallest absolute Gasteiger partial charge is 0.0706 e. The summed E-state index contributed by atoms with van der Waals surface area (Å²) in [5.41, 5.74) is 7.90. The van der Waals surface area contributed by atoms with Crippen LogP contribution in [0.15, 0.2) is 36.4 Å².